The van der Waals surface area contributed by atoms with Crippen LogP contribution in [0.5, 0.6) is 11.5 Å². The van der Waals surface area contributed by atoms with E-state index in [1.807, 2.05) is 12.1 Å². The van der Waals surface area contributed by atoms with Crippen LogP contribution in [-0.2, 0) is 16.6 Å². The number of hydrogen-bond donors (Lipinski definition) is 1. The summed E-state index contributed by atoms with van der Waals surface area (Å²) in [6, 6.07) is 11.6. The minimum Gasteiger partial charge on any atom is -0.493 e. The first kappa shape index (κ1) is 19.0. The molecule has 0 saturated heterocycles. The average molecular weight is 409 g/mol. The lowest BCUT2D eigenvalue weighted by atomic mass is 10.2. The summed E-state index contributed by atoms with van der Waals surface area (Å²) in [5.74, 6) is 0.710. The molecule has 0 aliphatic carbocycles. The molecule has 0 fully saturated rings. The van der Waals surface area contributed by atoms with Gasteiger partial charge < -0.3 is 9.47 Å². The van der Waals surface area contributed by atoms with Crippen molar-refractivity contribution in [1.29, 1.82) is 0 Å². The van der Waals surface area contributed by atoms with Gasteiger partial charge in [-0.3, -0.25) is 0 Å². The molecule has 142 valence electrons. The number of halogens is 1. The second-order valence-electron chi connectivity index (χ2n) is 5.51. The number of anilines is 1. The molecule has 0 aliphatic rings. The summed E-state index contributed by atoms with van der Waals surface area (Å²) in [4.78, 5) is 4.01. The Bertz CT molecular complexity index is 1040. The summed E-state index contributed by atoms with van der Waals surface area (Å²) >= 11 is 5.86. The molecule has 0 radical (unpaired) electrons. The van der Waals surface area contributed by atoms with Gasteiger partial charge in [-0.05, 0) is 29.8 Å². The van der Waals surface area contributed by atoms with E-state index in [0.717, 1.165) is 5.56 Å². The van der Waals surface area contributed by atoms with Crippen LogP contribution in [0.15, 0.2) is 53.7 Å². The molecule has 1 N–H and O–H groups in total. The Kier molecular flexibility index (Phi) is 5.52. The second-order valence-corrected chi connectivity index (χ2v) is 7.63. The topological polar surface area (TPSA) is 95.3 Å². The van der Waals surface area contributed by atoms with Crippen molar-refractivity contribution in [3.8, 4) is 11.5 Å². The number of benzene rings is 2. The first-order valence-corrected chi connectivity index (χ1v) is 9.66. The van der Waals surface area contributed by atoms with Crippen LogP contribution in [0.4, 0.5) is 5.95 Å². The predicted octanol–water partition coefficient (Wildman–Crippen LogP) is 2.80. The number of nitrogens with zero attached hydrogens (tertiary/aromatic N) is 3. The van der Waals surface area contributed by atoms with E-state index in [-0.39, 0.29) is 10.8 Å². The standard InChI is InChI=1S/C17H17ClN4O4S/c1-25-15-8-7-14(9-16(15)26-2)27(23,24)21-17-19-11-22(20-17)10-12-3-5-13(18)6-4-12/h3-9,11H,10H2,1-2H3,(H,20,21). The lowest BCUT2D eigenvalue weighted by Crippen LogP contribution is -2.14. The van der Waals surface area contributed by atoms with Crippen LogP contribution in [0.2, 0.25) is 5.02 Å². The molecule has 3 rings (SSSR count). The Morgan fingerprint density at radius 2 is 1.78 bits per heavy atom. The fraction of sp³-hybridized carbons (Fsp3) is 0.176. The van der Waals surface area contributed by atoms with Gasteiger partial charge >= 0.3 is 0 Å². The molecule has 27 heavy (non-hydrogen) atoms. The maximum absolute atomic E-state index is 12.6. The van der Waals surface area contributed by atoms with Gasteiger partial charge in [-0.2, -0.15) is 4.98 Å². The van der Waals surface area contributed by atoms with E-state index >= 15 is 0 Å². The molecule has 10 heteroatoms. The number of sulfonamides is 1. The average Bonchev–Trinajstić information content (AvgIpc) is 3.09. The highest BCUT2D eigenvalue weighted by atomic mass is 35.5. The molecular formula is C17H17ClN4O4S. The highest BCUT2D eigenvalue weighted by Gasteiger charge is 2.19. The van der Waals surface area contributed by atoms with Crippen molar-refractivity contribution in [3.05, 3.63) is 59.4 Å². The van der Waals surface area contributed by atoms with E-state index in [4.69, 9.17) is 21.1 Å². The first-order valence-electron chi connectivity index (χ1n) is 7.80. The van der Waals surface area contributed by atoms with Gasteiger partial charge in [0.25, 0.3) is 16.0 Å². The fourth-order valence-corrected chi connectivity index (χ4v) is 3.44. The number of hydrogen-bond acceptors (Lipinski definition) is 6. The highest BCUT2D eigenvalue weighted by Crippen LogP contribution is 2.29. The molecule has 0 atom stereocenters. The van der Waals surface area contributed by atoms with Gasteiger partial charge in [0.2, 0.25) is 0 Å². The molecule has 8 nitrogen and oxygen atoms in total. The van der Waals surface area contributed by atoms with Gasteiger partial charge in [0, 0.05) is 11.1 Å². The molecule has 1 heterocycles. The van der Waals surface area contributed by atoms with E-state index in [2.05, 4.69) is 14.8 Å². The Labute approximate surface area is 161 Å². The van der Waals surface area contributed by atoms with Crippen LogP contribution in [0, 0.1) is 0 Å². The van der Waals surface area contributed by atoms with Crippen LogP contribution >= 0.6 is 11.6 Å². The molecular weight excluding hydrogens is 392 g/mol. The monoisotopic (exact) mass is 408 g/mol. The molecule has 3 aromatic rings. The largest absolute Gasteiger partial charge is 0.493 e. The predicted molar refractivity (Wildman–Crippen MR) is 101 cm³/mol. The summed E-state index contributed by atoms with van der Waals surface area (Å²) in [5.41, 5.74) is 0.957. The highest BCUT2D eigenvalue weighted by molar-refractivity contribution is 7.92. The lowest BCUT2D eigenvalue weighted by molar-refractivity contribution is 0.354. The lowest BCUT2D eigenvalue weighted by Gasteiger charge is -2.10. The van der Waals surface area contributed by atoms with Crippen LogP contribution in [0.3, 0.4) is 0 Å². The van der Waals surface area contributed by atoms with Crippen LogP contribution in [0.1, 0.15) is 5.56 Å². The fourth-order valence-electron chi connectivity index (χ4n) is 2.36. The second kappa shape index (κ2) is 7.85. The molecule has 0 spiro atoms. The summed E-state index contributed by atoms with van der Waals surface area (Å²) in [7, 11) is -0.971. The van der Waals surface area contributed by atoms with Gasteiger partial charge in [-0.25, -0.2) is 17.8 Å². The Hall–Kier alpha value is -2.78. The maximum atomic E-state index is 12.6. The smallest absolute Gasteiger partial charge is 0.264 e. The minimum atomic E-state index is -3.88. The summed E-state index contributed by atoms with van der Waals surface area (Å²) in [5, 5.41) is 4.78. The normalized spacial score (nSPS) is 11.2. The zero-order valence-corrected chi connectivity index (χ0v) is 16.2. The number of rotatable bonds is 7. The summed E-state index contributed by atoms with van der Waals surface area (Å²) in [6.45, 7) is 0.433. The van der Waals surface area contributed by atoms with E-state index in [1.54, 1.807) is 12.1 Å². The van der Waals surface area contributed by atoms with Crippen molar-refractivity contribution < 1.29 is 17.9 Å². The molecule has 0 amide bonds. The van der Waals surface area contributed by atoms with Crippen LogP contribution in [0.25, 0.3) is 0 Å². The van der Waals surface area contributed by atoms with E-state index in [9.17, 15) is 8.42 Å². The zero-order valence-electron chi connectivity index (χ0n) is 14.6. The molecule has 0 saturated carbocycles. The van der Waals surface area contributed by atoms with E-state index < -0.39 is 10.0 Å². The Morgan fingerprint density at radius 3 is 2.44 bits per heavy atom. The Morgan fingerprint density at radius 1 is 1.07 bits per heavy atom. The van der Waals surface area contributed by atoms with Crippen molar-refractivity contribution in [2.45, 2.75) is 11.4 Å². The summed E-state index contributed by atoms with van der Waals surface area (Å²) < 4.78 is 39.3. The zero-order chi connectivity index (χ0) is 19.4. The van der Waals surface area contributed by atoms with E-state index in [1.165, 1.54) is 43.4 Å². The third-order valence-corrected chi connectivity index (χ3v) is 5.26. The third-order valence-electron chi connectivity index (χ3n) is 3.69. The molecule has 2 aromatic carbocycles. The summed E-state index contributed by atoms with van der Waals surface area (Å²) in [6.07, 6.45) is 1.45. The molecule has 1 aromatic heterocycles. The van der Waals surface area contributed by atoms with Gasteiger partial charge in [-0.15, -0.1) is 5.10 Å². The molecule has 0 bridgehead atoms. The third kappa shape index (κ3) is 4.50. The molecule has 0 aliphatic heterocycles. The molecule has 0 unspecified atom stereocenters. The van der Waals surface area contributed by atoms with Gasteiger partial charge in [0.15, 0.2) is 11.5 Å². The SMILES string of the molecule is COc1ccc(S(=O)(=O)Nc2ncn(Cc3ccc(Cl)cc3)n2)cc1OC. The van der Waals surface area contributed by atoms with Gasteiger partial charge in [-0.1, -0.05) is 23.7 Å². The van der Waals surface area contributed by atoms with Crippen molar-refractivity contribution in [2.75, 3.05) is 18.9 Å². The van der Waals surface area contributed by atoms with E-state index in [0.29, 0.717) is 23.1 Å². The van der Waals surface area contributed by atoms with Crippen molar-refractivity contribution >= 4 is 27.6 Å². The maximum Gasteiger partial charge on any atom is 0.264 e. The minimum absolute atomic E-state index is 0.00852. The van der Waals surface area contributed by atoms with Crippen LogP contribution in [-0.4, -0.2) is 37.4 Å². The quantitative estimate of drug-likeness (QED) is 0.645. The van der Waals surface area contributed by atoms with Crippen molar-refractivity contribution in [2.24, 2.45) is 0 Å². The number of methoxy groups -OCH3 is 2. The van der Waals surface area contributed by atoms with Crippen molar-refractivity contribution in [1.82, 2.24) is 14.8 Å². The number of ether oxygens (including phenoxy) is 2. The van der Waals surface area contributed by atoms with Gasteiger partial charge in [0.05, 0.1) is 25.7 Å². The first-order chi connectivity index (χ1) is 12.9. The van der Waals surface area contributed by atoms with Crippen molar-refractivity contribution in [3.63, 3.8) is 0 Å². The Balaban J connectivity index is 1.76. The number of nitrogens with one attached hydrogen (secondary N) is 1. The number of aromatic nitrogens is 3. The van der Waals surface area contributed by atoms with Crippen LogP contribution < -0.4 is 14.2 Å². The van der Waals surface area contributed by atoms with Gasteiger partial charge in [0.1, 0.15) is 6.33 Å².